The van der Waals surface area contributed by atoms with E-state index in [1.165, 1.54) is 5.69 Å². The van der Waals surface area contributed by atoms with Gasteiger partial charge in [-0.05, 0) is 37.0 Å². The molecule has 2 unspecified atom stereocenters. The van der Waals surface area contributed by atoms with Gasteiger partial charge in [-0.15, -0.1) is 0 Å². The second-order valence-corrected chi connectivity index (χ2v) is 6.17. The highest BCUT2D eigenvalue weighted by Crippen LogP contribution is 2.55. The lowest BCUT2D eigenvalue weighted by atomic mass is 9.93. The van der Waals surface area contributed by atoms with Gasteiger partial charge in [0.2, 0.25) is 0 Å². The van der Waals surface area contributed by atoms with Gasteiger partial charge >= 0.3 is 5.97 Å². The summed E-state index contributed by atoms with van der Waals surface area (Å²) in [4.78, 5) is 14.8. The van der Waals surface area contributed by atoms with Crippen LogP contribution in [0.3, 0.4) is 0 Å². The van der Waals surface area contributed by atoms with Gasteiger partial charge in [0.25, 0.3) is 0 Å². The van der Waals surface area contributed by atoms with Crippen LogP contribution in [0.1, 0.15) is 18.9 Å². The van der Waals surface area contributed by atoms with E-state index in [9.17, 15) is 4.79 Å². The Morgan fingerprint density at radius 2 is 1.74 bits per heavy atom. The minimum Gasteiger partial charge on any atom is -0.465 e. The van der Waals surface area contributed by atoms with Crippen LogP contribution in [0.4, 0.5) is 5.69 Å². The van der Waals surface area contributed by atoms with E-state index in [0.29, 0.717) is 6.61 Å². The molecule has 0 aromatic heterocycles. The lowest BCUT2D eigenvalue weighted by Gasteiger charge is -2.22. The highest BCUT2D eigenvalue weighted by molar-refractivity contribution is 5.87. The molecule has 0 heterocycles. The fourth-order valence-corrected chi connectivity index (χ4v) is 3.39. The number of nitrogens with zero attached hydrogens (tertiary/aromatic N) is 1. The number of para-hydroxylation sites is 1. The first kappa shape index (κ1) is 15.6. The molecule has 0 N–H and O–H groups in total. The molecule has 2 aromatic rings. The van der Waals surface area contributed by atoms with Crippen molar-refractivity contribution in [2.45, 2.75) is 18.8 Å². The molecule has 3 heteroatoms. The molecule has 3 nitrogen and oxygen atoms in total. The van der Waals surface area contributed by atoms with Crippen molar-refractivity contribution in [1.29, 1.82) is 0 Å². The topological polar surface area (TPSA) is 29.5 Å². The fraction of sp³-hybridized carbons (Fsp3) is 0.350. The van der Waals surface area contributed by atoms with Crippen LogP contribution in [0.2, 0.25) is 0 Å². The predicted molar refractivity (Wildman–Crippen MR) is 92.6 cm³/mol. The molecule has 0 aliphatic heterocycles. The quantitative estimate of drug-likeness (QED) is 0.763. The third-order valence-electron chi connectivity index (χ3n) is 4.72. The predicted octanol–water partition coefficient (Wildman–Crippen LogP) is 3.64. The summed E-state index contributed by atoms with van der Waals surface area (Å²) in [6, 6.07) is 20.3. The molecule has 1 aliphatic carbocycles. The molecular weight excluding hydrogens is 286 g/mol. The van der Waals surface area contributed by atoms with Gasteiger partial charge < -0.3 is 9.64 Å². The second kappa shape index (κ2) is 6.45. The molecule has 1 fully saturated rings. The van der Waals surface area contributed by atoms with Crippen LogP contribution in [0.15, 0.2) is 60.7 Å². The Morgan fingerprint density at radius 3 is 2.35 bits per heavy atom. The average molecular weight is 309 g/mol. The third kappa shape index (κ3) is 2.96. The van der Waals surface area contributed by atoms with E-state index in [-0.39, 0.29) is 11.9 Å². The molecule has 0 amide bonds. The van der Waals surface area contributed by atoms with Crippen molar-refractivity contribution < 1.29 is 9.53 Å². The van der Waals surface area contributed by atoms with Gasteiger partial charge in [-0.2, -0.15) is 0 Å². The third-order valence-corrected chi connectivity index (χ3v) is 4.72. The van der Waals surface area contributed by atoms with Crippen molar-refractivity contribution >= 4 is 11.7 Å². The normalized spacial score (nSPS) is 22.4. The van der Waals surface area contributed by atoms with Crippen molar-refractivity contribution in [3.05, 3.63) is 66.2 Å². The molecule has 23 heavy (non-hydrogen) atoms. The summed E-state index contributed by atoms with van der Waals surface area (Å²) in [7, 11) is 2.08. The molecule has 2 aromatic carbocycles. The van der Waals surface area contributed by atoms with Crippen LogP contribution in [0.5, 0.6) is 0 Å². The number of anilines is 1. The number of carbonyl (C=O) groups is 1. The van der Waals surface area contributed by atoms with E-state index < -0.39 is 5.41 Å². The first-order valence-electron chi connectivity index (χ1n) is 8.17. The van der Waals surface area contributed by atoms with E-state index in [1.807, 2.05) is 55.5 Å². The van der Waals surface area contributed by atoms with E-state index in [1.54, 1.807) is 0 Å². The van der Waals surface area contributed by atoms with Crippen molar-refractivity contribution in [2.24, 2.45) is 5.92 Å². The smallest absolute Gasteiger partial charge is 0.316 e. The molecular formula is C20H23NO2. The first-order chi connectivity index (χ1) is 11.2. The standard InChI is InChI=1S/C20H23NO2/c1-3-23-19(22)20(16-10-6-4-7-11-16)14-17(20)15-21(2)18-12-8-5-9-13-18/h4-13,17H,3,14-15H2,1-2H3. The first-order valence-corrected chi connectivity index (χ1v) is 8.17. The lowest BCUT2D eigenvalue weighted by molar-refractivity contribution is -0.146. The molecule has 1 aliphatic rings. The Balaban J connectivity index is 1.80. The van der Waals surface area contributed by atoms with Gasteiger partial charge in [0.05, 0.1) is 12.0 Å². The number of hydrogen-bond donors (Lipinski definition) is 0. The summed E-state index contributed by atoms with van der Waals surface area (Å²) >= 11 is 0. The molecule has 120 valence electrons. The summed E-state index contributed by atoms with van der Waals surface area (Å²) in [5.41, 5.74) is 1.77. The van der Waals surface area contributed by atoms with Crippen LogP contribution in [0.25, 0.3) is 0 Å². The van der Waals surface area contributed by atoms with E-state index >= 15 is 0 Å². The van der Waals surface area contributed by atoms with Crippen molar-refractivity contribution in [2.75, 3.05) is 25.1 Å². The minimum atomic E-state index is -0.472. The van der Waals surface area contributed by atoms with Gasteiger partial charge in [0, 0.05) is 19.3 Å². The van der Waals surface area contributed by atoms with Crippen LogP contribution in [0, 0.1) is 5.92 Å². The average Bonchev–Trinajstić information content (AvgIpc) is 3.32. The number of esters is 1. The molecule has 0 spiro atoms. The Hall–Kier alpha value is -2.29. The van der Waals surface area contributed by atoms with Crippen LogP contribution in [-0.4, -0.2) is 26.2 Å². The summed E-state index contributed by atoms with van der Waals surface area (Å²) in [5, 5.41) is 0. The number of carbonyl (C=O) groups excluding carboxylic acids is 1. The molecule has 0 bridgehead atoms. The van der Waals surface area contributed by atoms with Crippen LogP contribution < -0.4 is 4.90 Å². The molecule has 2 atom stereocenters. The maximum absolute atomic E-state index is 12.6. The Bertz CT molecular complexity index is 656. The zero-order valence-corrected chi connectivity index (χ0v) is 13.7. The monoisotopic (exact) mass is 309 g/mol. The zero-order chi connectivity index (χ0) is 16.3. The molecule has 1 saturated carbocycles. The van der Waals surface area contributed by atoms with Crippen molar-refractivity contribution in [3.63, 3.8) is 0 Å². The van der Waals surface area contributed by atoms with Gasteiger partial charge in [-0.25, -0.2) is 0 Å². The minimum absolute atomic E-state index is 0.0855. The Kier molecular flexibility index (Phi) is 4.37. The van der Waals surface area contributed by atoms with Crippen molar-refractivity contribution in [3.8, 4) is 0 Å². The summed E-state index contributed by atoms with van der Waals surface area (Å²) < 4.78 is 5.38. The van der Waals surface area contributed by atoms with E-state index in [2.05, 4.69) is 24.1 Å². The molecule has 0 radical (unpaired) electrons. The highest BCUT2D eigenvalue weighted by atomic mass is 16.5. The van der Waals surface area contributed by atoms with E-state index in [4.69, 9.17) is 4.74 Å². The van der Waals surface area contributed by atoms with Gasteiger partial charge in [0.1, 0.15) is 0 Å². The Morgan fingerprint density at radius 1 is 1.13 bits per heavy atom. The fourth-order valence-electron chi connectivity index (χ4n) is 3.39. The SMILES string of the molecule is CCOC(=O)C1(c2ccccc2)CC1CN(C)c1ccccc1. The summed E-state index contributed by atoms with van der Waals surface area (Å²) in [6.07, 6.45) is 0.854. The maximum atomic E-state index is 12.6. The van der Waals surface area contributed by atoms with Gasteiger partial charge in [-0.3, -0.25) is 4.79 Å². The van der Waals surface area contributed by atoms with Crippen LogP contribution >= 0.6 is 0 Å². The highest BCUT2D eigenvalue weighted by Gasteiger charge is 2.62. The maximum Gasteiger partial charge on any atom is 0.316 e. The number of ether oxygens (including phenoxy) is 1. The molecule has 0 saturated heterocycles. The number of hydrogen-bond acceptors (Lipinski definition) is 3. The Labute approximate surface area is 137 Å². The summed E-state index contributed by atoms with van der Waals surface area (Å²) in [6.45, 7) is 3.14. The van der Waals surface area contributed by atoms with E-state index in [0.717, 1.165) is 18.5 Å². The number of benzene rings is 2. The lowest BCUT2D eigenvalue weighted by Crippen LogP contribution is -2.30. The molecule has 3 rings (SSSR count). The summed E-state index contributed by atoms with van der Waals surface area (Å²) in [5.74, 6) is 0.201. The number of rotatable bonds is 6. The van der Waals surface area contributed by atoms with Crippen molar-refractivity contribution in [1.82, 2.24) is 0 Å². The second-order valence-electron chi connectivity index (χ2n) is 6.17. The van der Waals surface area contributed by atoms with Gasteiger partial charge in [-0.1, -0.05) is 48.5 Å². The zero-order valence-electron chi connectivity index (χ0n) is 13.7. The van der Waals surface area contributed by atoms with Gasteiger partial charge in [0.15, 0.2) is 0 Å². The largest absolute Gasteiger partial charge is 0.465 e. The van der Waals surface area contributed by atoms with Crippen LogP contribution in [-0.2, 0) is 14.9 Å².